The van der Waals surface area contributed by atoms with Gasteiger partial charge in [0.2, 0.25) is 5.95 Å². The molecule has 1 unspecified atom stereocenters. The van der Waals surface area contributed by atoms with Gasteiger partial charge in [0, 0.05) is 6.54 Å². The molecular weight excluding hydrogens is 372 g/mol. The quantitative estimate of drug-likeness (QED) is 0.452. The zero-order valence-corrected chi connectivity index (χ0v) is 17.0. The minimum absolute atomic E-state index is 0.253. The normalized spacial score (nSPS) is 11.7. The van der Waals surface area contributed by atoms with Crippen LogP contribution in [0.4, 0.5) is 5.95 Å². The number of carboxylic acids is 1. The van der Waals surface area contributed by atoms with E-state index in [4.69, 9.17) is 0 Å². The second-order valence-electron chi connectivity index (χ2n) is 6.95. The smallest absolute Gasteiger partial charge is 0.326 e. The van der Waals surface area contributed by atoms with Crippen molar-refractivity contribution >= 4 is 17.8 Å². The average molecular weight is 400 g/mol. The number of nitrogens with zero attached hydrogens (tertiary/aromatic N) is 2. The summed E-state index contributed by atoms with van der Waals surface area (Å²) in [5.41, 5.74) is 2.34. The van der Waals surface area contributed by atoms with E-state index in [2.05, 4.69) is 20.6 Å². The Labute approximate surface area is 170 Å². The zero-order valence-electron chi connectivity index (χ0n) is 17.0. The average Bonchev–Trinajstić information content (AvgIpc) is 2.64. The van der Waals surface area contributed by atoms with E-state index in [-0.39, 0.29) is 5.75 Å². The van der Waals surface area contributed by atoms with Crippen LogP contribution < -0.4 is 10.6 Å². The van der Waals surface area contributed by atoms with Crippen molar-refractivity contribution in [2.75, 3.05) is 11.9 Å². The molecular formula is C21H28N4O4. The van der Waals surface area contributed by atoms with Crippen LogP contribution in [0.25, 0.3) is 0 Å². The summed E-state index contributed by atoms with van der Waals surface area (Å²) in [7, 11) is 0. The number of rotatable bonds is 10. The molecule has 0 aliphatic heterocycles. The van der Waals surface area contributed by atoms with E-state index in [9.17, 15) is 19.8 Å². The monoisotopic (exact) mass is 400 g/mol. The summed E-state index contributed by atoms with van der Waals surface area (Å²) in [6.07, 6.45) is 2.63. The number of hydrogen-bond donors (Lipinski definition) is 4. The number of nitrogens with one attached hydrogen (secondary N) is 2. The lowest BCUT2D eigenvalue weighted by Gasteiger charge is -2.16. The van der Waals surface area contributed by atoms with Crippen molar-refractivity contribution in [2.45, 2.75) is 52.5 Å². The van der Waals surface area contributed by atoms with Gasteiger partial charge >= 0.3 is 5.97 Å². The van der Waals surface area contributed by atoms with Gasteiger partial charge in [-0.1, -0.05) is 25.5 Å². The van der Waals surface area contributed by atoms with Crippen molar-refractivity contribution in [2.24, 2.45) is 0 Å². The number of aryl methyl sites for hydroxylation is 3. The number of anilines is 1. The number of aromatic hydroxyl groups is 1. The lowest BCUT2D eigenvalue weighted by Crippen LogP contribution is -2.41. The molecule has 2 rings (SSSR count). The van der Waals surface area contributed by atoms with E-state index < -0.39 is 17.9 Å². The number of amides is 1. The fourth-order valence-corrected chi connectivity index (χ4v) is 3.11. The number of benzene rings is 1. The number of hydrogen-bond acceptors (Lipinski definition) is 6. The molecule has 0 aliphatic rings. The molecule has 1 atom stereocenters. The fourth-order valence-electron chi connectivity index (χ4n) is 3.11. The SMILES string of the molecule is CCCC(NC(=O)c1c(C)nc(NCCCc2cccc(O)c2)nc1C)C(=O)O. The first-order valence-electron chi connectivity index (χ1n) is 9.72. The molecule has 2 aromatic rings. The van der Waals surface area contributed by atoms with Crippen LogP contribution in [-0.4, -0.2) is 44.6 Å². The number of phenols is 1. The van der Waals surface area contributed by atoms with Crippen molar-refractivity contribution in [3.63, 3.8) is 0 Å². The van der Waals surface area contributed by atoms with Gasteiger partial charge in [-0.15, -0.1) is 0 Å². The van der Waals surface area contributed by atoms with E-state index >= 15 is 0 Å². The number of carboxylic acid groups (broad SMARTS) is 1. The van der Waals surface area contributed by atoms with Gasteiger partial charge < -0.3 is 20.8 Å². The van der Waals surface area contributed by atoms with Gasteiger partial charge in [-0.2, -0.15) is 0 Å². The Morgan fingerprint density at radius 1 is 1.17 bits per heavy atom. The summed E-state index contributed by atoms with van der Waals surface area (Å²) in [5.74, 6) is -0.850. The first-order chi connectivity index (χ1) is 13.8. The summed E-state index contributed by atoms with van der Waals surface area (Å²) in [5, 5.41) is 24.4. The molecule has 0 saturated carbocycles. The fraction of sp³-hybridized carbons (Fsp3) is 0.429. The molecule has 0 aliphatic carbocycles. The van der Waals surface area contributed by atoms with Crippen molar-refractivity contribution in [3.05, 3.63) is 46.8 Å². The molecule has 1 heterocycles. The van der Waals surface area contributed by atoms with Gasteiger partial charge in [-0.25, -0.2) is 14.8 Å². The van der Waals surface area contributed by atoms with Crippen LogP contribution in [0.15, 0.2) is 24.3 Å². The summed E-state index contributed by atoms with van der Waals surface area (Å²) < 4.78 is 0. The number of aromatic nitrogens is 2. The molecule has 0 saturated heterocycles. The largest absolute Gasteiger partial charge is 0.508 e. The first-order valence-corrected chi connectivity index (χ1v) is 9.72. The minimum Gasteiger partial charge on any atom is -0.508 e. The first kappa shape index (κ1) is 22.1. The van der Waals surface area contributed by atoms with Crippen LogP contribution in [0, 0.1) is 13.8 Å². The van der Waals surface area contributed by atoms with Crippen LogP contribution >= 0.6 is 0 Å². The van der Waals surface area contributed by atoms with Crippen molar-refractivity contribution in [1.29, 1.82) is 0 Å². The lowest BCUT2D eigenvalue weighted by molar-refractivity contribution is -0.139. The second-order valence-corrected chi connectivity index (χ2v) is 6.95. The highest BCUT2D eigenvalue weighted by molar-refractivity contribution is 5.98. The van der Waals surface area contributed by atoms with Gasteiger partial charge in [-0.3, -0.25) is 4.79 Å². The number of carbonyl (C=O) groups is 2. The van der Waals surface area contributed by atoms with Crippen LogP contribution in [0.5, 0.6) is 5.75 Å². The number of aliphatic carboxylic acids is 1. The summed E-state index contributed by atoms with van der Waals surface area (Å²) in [6.45, 7) is 5.91. The van der Waals surface area contributed by atoms with Crippen LogP contribution in [-0.2, 0) is 11.2 Å². The second kappa shape index (κ2) is 10.4. The summed E-state index contributed by atoms with van der Waals surface area (Å²) in [6, 6.07) is 6.22. The van der Waals surface area contributed by atoms with Gasteiger partial charge in [0.05, 0.1) is 17.0 Å². The molecule has 0 radical (unpaired) electrons. The molecule has 0 bridgehead atoms. The zero-order chi connectivity index (χ0) is 21.4. The van der Waals surface area contributed by atoms with Crippen LogP contribution in [0.1, 0.15) is 53.5 Å². The summed E-state index contributed by atoms with van der Waals surface area (Å²) in [4.78, 5) is 32.5. The highest BCUT2D eigenvalue weighted by atomic mass is 16.4. The molecule has 156 valence electrons. The number of carbonyl (C=O) groups excluding carboxylic acids is 1. The highest BCUT2D eigenvalue weighted by Crippen LogP contribution is 2.15. The maximum absolute atomic E-state index is 12.5. The van der Waals surface area contributed by atoms with Crippen LogP contribution in [0.2, 0.25) is 0 Å². The molecule has 0 fully saturated rings. The Hall–Kier alpha value is -3.16. The highest BCUT2D eigenvalue weighted by Gasteiger charge is 2.23. The molecule has 1 aromatic carbocycles. The molecule has 0 spiro atoms. The van der Waals surface area contributed by atoms with E-state index in [1.807, 2.05) is 19.1 Å². The molecule has 29 heavy (non-hydrogen) atoms. The molecule has 8 nitrogen and oxygen atoms in total. The Bertz CT molecular complexity index is 847. The van der Waals surface area contributed by atoms with E-state index in [1.54, 1.807) is 26.0 Å². The third-order valence-corrected chi connectivity index (χ3v) is 4.51. The standard InChI is InChI=1S/C21H28N4O4/c1-4-7-17(20(28)29)25-19(27)18-13(2)23-21(24-14(18)3)22-11-6-9-15-8-5-10-16(26)12-15/h5,8,10,12,17,26H,4,6-7,9,11H2,1-3H3,(H,25,27)(H,28,29)(H,22,23,24). The Morgan fingerprint density at radius 3 is 2.45 bits per heavy atom. The summed E-state index contributed by atoms with van der Waals surface area (Å²) >= 11 is 0. The van der Waals surface area contributed by atoms with E-state index in [0.717, 1.165) is 18.4 Å². The third-order valence-electron chi connectivity index (χ3n) is 4.51. The topological polar surface area (TPSA) is 124 Å². The number of phenolic OH excluding ortho intramolecular Hbond substituents is 1. The Morgan fingerprint density at radius 2 is 1.86 bits per heavy atom. The van der Waals surface area contributed by atoms with Gasteiger partial charge in [0.25, 0.3) is 5.91 Å². The van der Waals surface area contributed by atoms with Crippen molar-refractivity contribution in [1.82, 2.24) is 15.3 Å². The Kier molecular flexibility index (Phi) is 7.94. The van der Waals surface area contributed by atoms with E-state index in [0.29, 0.717) is 42.3 Å². The Balaban J connectivity index is 1.97. The van der Waals surface area contributed by atoms with Gasteiger partial charge in [0.15, 0.2) is 0 Å². The molecule has 4 N–H and O–H groups in total. The predicted molar refractivity (Wildman–Crippen MR) is 110 cm³/mol. The van der Waals surface area contributed by atoms with Crippen molar-refractivity contribution < 1.29 is 19.8 Å². The van der Waals surface area contributed by atoms with Gasteiger partial charge in [-0.05, 0) is 50.8 Å². The molecule has 1 amide bonds. The minimum atomic E-state index is -1.05. The van der Waals surface area contributed by atoms with E-state index in [1.165, 1.54) is 0 Å². The maximum Gasteiger partial charge on any atom is 0.326 e. The van der Waals surface area contributed by atoms with Crippen molar-refractivity contribution in [3.8, 4) is 5.75 Å². The molecule has 8 heteroatoms. The molecule has 1 aromatic heterocycles. The van der Waals surface area contributed by atoms with Crippen LogP contribution in [0.3, 0.4) is 0 Å². The third kappa shape index (κ3) is 6.44. The predicted octanol–water partition coefficient (Wildman–Crippen LogP) is 2.83. The van der Waals surface area contributed by atoms with Gasteiger partial charge in [0.1, 0.15) is 11.8 Å². The maximum atomic E-state index is 12.5. The lowest BCUT2D eigenvalue weighted by atomic mass is 10.1.